The van der Waals surface area contributed by atoms with Crippen LogP contribution >= 0.6 is 27.7 Å². The highest BCUT2D eigenvalue weighted by Crippen LogP contribution is 2.37. The van der Waals surface area contributed by atoms with Gasteiger partial charge in [-0.15, -0.1) is 0 Å². The summed E-state index contributed by atoms with van der Waals surface area (Å²) in [5.74, 6) is 1.72. The quantitative estimate of drug-likeness (QED) is 0.522. The number of aromatic nitrogens is 3. The molecular formula is C20H22BrN5O2S. The van der Waals surface area contributed by atoms with Crippen LogP contribution in [0.5, 0.6) is 5.75 Å². The molecule has 29 heavy (non-hydrogen) atoms. The number of likely N-dealkylation sites (tertiary alicyclic amines) is 1. The third-order valence-electron chi connectivity index (χ3n) is 5.23. The molecule has 1 aromatic carbocycles. The fourth-order valence-corrected chi connectivity index (χ4v) is 5.10. The molecule has 3 aromatic rings. The Morgan fingerprint density at radius 2 is 2.28 bits per heavy atom. The Morgan fingerprint density at radius 3 is 3.03 bits per heavy atom. The van der Waals surface area contributed by atoms with Gasteiger partial charge in [0, 0.05) is 35.2 Å². The molecule has 0 saturated carbocycles. The van der Waals surface area contributed by atoms with E-state index in [2.05, 4.69) is 25.5 Å². The number of imidazole rings is 1. The molecule has 3 heterocycles. The number of fused-ring (bicyclic) bond motifs is 1. The van der Waals surface area contributed by atoms with E-state index in [0.717, 1.165) is 70.2 Å². The fraction of sp³-hybridized carbons (Fsp3) is 0.350. The highest BCUT2D eigenvalue weighted by molar-refractivity contribution is 9.10. The zero-order valence-electron chi connectivity index (χ0n) is 16.0. The number of halogens is 1. The largest absolute Gasteiger partial charge is 0.497 e. The molecule has 2 N–H and O–H groups in total. The smallest absolute Gasteiger partial charge is 0.209 e. The number of hydrogen-bond donors (Lipinski definition) is 1. The topological polar surface area (TPSA) is 86.3 Å². The number of pyridine rings is 1. The summed E-state index contributed by atoms with van der Waals surface area (Å²) in [7, 11) is 1.66. The number of nitrogens with zero attached hydrogens (tertiary/aromatic N) is 4. The van der Waals surface area contributed by atoms with E-state index < -0.39 is 0 Å². The second-order valence-corrected chi connectivity index (χ2v) is 8.92. The minimum absolute atomic E-state index is 0.431. The average Bonchev–Trinajstić information content (AvgIpc) is 3.33. The lowest BCUT2D eigenvalue weighted by Gasteiger charge is -2.14. The normalized spacial score (nSPS) is 16.5. The van der Waals surface area contributed by atoms with Gasteiger partial charge in [0.2, 0.25) is 6.41 Å². The van der Waals surface area contributed by atoms with E-state index in [1.807, 2.05) is 29.2 Å². The molecule has 7 nitrogen and oxygen atoms in total. The summed E-state index contributed by atoms with van der Waals surface area (Å²) in [6.07, 6.45) is 4.68. The van der Waals surface area contributed by atoms with Crippen molar-refractivity contribution in [3.8, 4) is 5.75 Å². The number of aryl methyl sites for hydroxylation is 1. The summed E-state index contributed by atoms with van der Waals surface area (Å²) in [6, 6.07) is 7.82. The molecule has 1 amide bonds. The number of benzene rings is 1. The van der Waals surface area contributed by atoms with Gasteiger partial charge in [0.25, 0.3) is 0 Å². The fourth-order valence-electron chi connectivity index (χ4n) is 3.64. The van der Waals surface area contributed by atoms with Gasteiger partial charge < -0.3 is 19.9 Å². The lowest BCUT2D eigenvalue weighted by Crippen LogP contribution is -2.18. The number of nitrogen functional groups attached to an aromatic ring is 1. The number of hydrogen-bond acceptors (Lipinski definition) is 6. The van der Waals surface area contributed by atoms with Crippen LogP contribution in [0.2, 0.25) is 0 Å². The zero-order chi connectivity index (χ0) is 20.4. The predicted octanol–water partition coefficient (Wildman–Crippen LogP) is 3.80. The number of nitrogens with two attached hydrogens (primary N) is 1. The van der Waals surface area contributed by atoms with E-state index in [1.54, 1.807) is 25.1 Å². The van der Waals surface area contributed by atoms with Crippen molar-refractivity contribution in [2.45, 2.75) is 29.4 Å². The van der Waals surface area contributed by atoms with Crippen LogP contribution < -0.4 is 10.5 Å². The molecule has 152 valence electrons. The van der Waals surface area contributed by atoms with Crippen LogP contribution in [-0.2, 0) is 11.3 Å². The van der Waals surface area contributed by atoms with Crippen molar-refractivity contribution < 1.29 is 9.53 Å². The minimum Gasteiger partial charge on any atom is -0.497 e. The van der Waals surface area contributed by atoms with Crippen LogP contribution in [0.3, 0.4) is 0 Å². The maximum atomic E-state index is 11.0. The van der Waals surface area contributed by atoms with Crippen molar-refractivity contribution in [2.75, 3.05) is 25.9 Å². The Labute approximate surface area is 181 Å². The summed E-state index contributed by atoms with van der Waals surface area (Å²) in [6.45, 7) is 2.47. The molecule has 0 bridgehead atoms. The van der Waals surface area contributed by atoms with Crippen LogP contribution in [-0.4, -0.2) is 46.0 Å². The molecule has 1 saturated heterocycles. The Balaban J connectivity index is 1.65. The molecule has 0 radical (unpaired) electrons. The number of anilines is 1. The van der Waals surface area contributed by atoms with E-state index in [4.69, 9.17) is 15.5 Å². The molecule has 0 spiro atoms. The number of amides is 1. The third-order valence-corrected chi connectivity index (χ3v) is 7.23. The molecule has 1 aliphatic heterocycles. The maximum Gasteiger partial charge on any atom is 0.209 e. The summed E-state index contributed by atoms with van der Waals surface area (Å²) in [4.78, 5) is 22.9. The van der Waals surface area contributed by atoms with Crippen LogP contribution in [0.25, 0.3) is 11.0 Å². The van der Waals surface area contributed by atoms with Crippen LogP contribution in [0.4, 0.5) is 5.82 Å². The first-order valence-electron chi connectivity index (χ1n) is 9.40. The standard InChI is InChI=1S/C20H22BrN5O2S/c1-28-14-2-3-15(21)17(10-14)29-20-24-18-16(4-7-23-19(18)22)26(20)9-6-13-5-8-25(11-13)12-27/h2-4,7,10,12-13H,5-6,8-9,11H2,1H3,(H2,22,23). The SMILES string of the molecule is COc1ccc(Br)c(Sc2nc3c(N)nccc3n2CCC2CCN(C=O)C2)c1. The Hall–Kier alpha value is -2.26. The Bertz CT molecular complexity index is 1040. The van der Waals surface area contributed by atoms with Crippen LogP contribution in [0.15, 0.2) is 45.0 Å². The number of methoxy groups -OCH3 is 1. The third kappa shape index (κ3) is 4.20. The van der Waals surface area contributed by atoms with Crippen molar-refractivity contribution >= 4 is 51.0 Å². The summed E-state index contributed by atoms with van der Waals surface area (Å²) >= 11 is 5.19. The number of rotatable bonds is 7. The van der Waals surface area contributed by atoms with E-state index >= 15 is 0 Å². The second-order valence-electron chi connectivity index (χ2n) is 7.05. The summed E-state index contributed by atoms with van der Waals surface area (Å²) in [5.41, 5.74) is 7.78. The van der Waals surface area contributed by atoms with Gasteiger partial charge in [-0.1, -0.05) is 11.8 Å². The summed E-state index contributed by atoms with van der Waals surface area (Å²) in [5, 5.41) is 0.860. The van der Waals surface area contributed by atoms with Gasteiger partial charge in [0.1, 0.15) is 11.3 Å². The first-order valence-corrected chi connectivity index (χ1v) is 11.0. The molecule has 1 fully saturated rings. The van der Waals surface area contributed by atoms with Crippen molar-refractivity contribution in [1.29, 1.82) is 0 Å². The van der Waals surface area contributed by atoms with Crippen LogP contribution in [0, 0.1) is 5.92 Å². The molecule has 0 aliphatic carbocycles. The van der Waals surface area contributed by atoms with Crippen molar-refractivity contribution in [2.24, 2.45) is 5.92 Å². The van der Waals surface area contributed by atoms with E-state index in [1.165, 1.54) is 0 Å². The molecule has 9 heteroatoms. The van der Waals surface area contributed by atoms with Gasteiger partial charge in [-0.3, -0.25) is 4.79 Å². The minimum atomic E-state index is 0.431. The molecule has 4 rings (SSSR count). The van der Waals surface area contributed by atoms with E-state index in [-0.39, 0.29) is 0 Å². The van der Waals surface area contributed by atoms with Gasteiger partial charge >= 0.3 is 0 Å². The van der Waals surface area contributed by atoms with Crippen molar-refractivity contribution in [3.63, 3.8) is 0 Å². The lowest BCUT2D eigenvalue weighted by molar-refractivity contribution is -0.117. The van der Waals surface area contributed by atoms with Crippen LogP contribution in [0.1, 0.15) is 12.8 Å². The van der Waals surface area contributed by atoms with Crippen molar-refractivity contribution in [1.82, 2.24) is 19.4 Å². The first kappa shape index (κ1) is 20.0. The molecule has 2 aromatic heterocycles. The molecule has 1 atom stereocenters. The van der Waals surface area contributed by atoms with E-state index in [0.29, 0.717) is 11.7 Å². The predicted molar refractivity (Wildman–Crippen MR) is 117 cm³/mol. The monoisotopic (exact) mass is 475 g/mol. The highest BCUT2D eigenvalue weighted by Gasteiger charge is 2.22. The maximum absolute atomic E-state index is 11.0. The second kappa shape index (κ2) is 8.62. The number of ether oxygens (including phenoxy) is 1. The van der Waals surface area contributed by atoms with Gasteiger partial charge in [-0.05, 0) is 59.0 Å². The average molecular weight is 476 g/mol. The Kier molecular flexibility index (Phi) is 5.96. The van der Waals surface area contributed by atoms with Gasteiger partial charge in [0.05, 0.1) is 12.6 Å². The first-order chi connectivity index (χ1) is 14.1. The Morgan fingerprint density at radius 1 is 1.41 bits per heavy atom. The lowest BCUT2D eigenvalue weighted by atomic mass is 10.1. The molecular weight excluding hydrogens is 454 g/mol. The van der Waals surface area contributed by atoms with E-state index in [9.17, 15) is 4.79 Å². The zero-order valence-corrected chi connectivity index (χ0v) is 18.4. The number of carbonyl (C=O) groups is 1. The summed E-state index contributed by atoms with van der Waals surface area (Å²) < 4.78 is 8.55. The molecule has 1 unspecified atom stereocenters. The van der Waals surface area contributed by atoms with Gasteiger partial charge in [-0.2, -0.15) is 0 Å². The van der Waals surface area contributed by atoms with Gasteiger partial charge in [0.15, 0.2) is 11.0 Å². The van der Waals surface area contributed by atoms with Crippen molar-refractivity contribution in [3.05, 3.63) is 34.9 Å². The number of carbonyl (C=O) groups excluding carboxylic acids is 1. The van der Waals surface area contributed by atoms with Gasteiger partial charge in [-0.25, -0.2) is 9.97 Å². The molecule has 1 aliphatic rings. The highest BCUT2D eigenvalue weighted by atomic mass is 79.9.